The van der Waals surface area contributed by atoms with Crippen molar-refractivity contribution in [3.8, 4) is 11.5 Å². The first-order valence-corrected chi connectivity index (χ1v) is 5.75. The fourth-order valence-corrected chi connectivity index (χ4v) is 2.19. The molecule has 0 radical (unpaired) electrons. The van der Waals surface area contributed by atoms with E-state index < -0.39 is 12.7 Å². The van der Waals surface area contributed by atoms with E-state index in [0.29, 0.717) is 5.56 Å². The summed E-state index contributed by atoms with van der Waals surface area (Å²) in [7, 11) is 0. The van der Waals surface area contributed by atoms with E-state index in [4.69, 9.17) is 0 Å². The monoisotopic (exact) mass is 312 g/mol. The molecule has 0 spiro atoms. The van der Waals surface area contributed by atoms with Crippen LogP contribution in [0.2, 0.25) is 0 Å². The Morgan fingerprint density at radius 1 is 1.21 bits per heavy atom. The molecule has 0 bridgehead atoms. The molecule has 1 aliphatic heterocycles. The molecule has 4 nitrogen and oxygen atoms in total. The van der Waals surface area contributed by atoms with Gasteiger partial charge in [-0.1, -0.05) is 12.1 Å². The molecule has 1 fully saturated rings. The van der Waals surface area contributed by atoms with Crippen LogP contribution in [0.5, 0.6) is 11.5 Å². The molecule has 1 aromatic rings. The average Bonchev–Trinajstić information content (AvgIpc) is 2.37. The van der Waals surface area contributed by atoms with Gasteiger partial charge < -0.3 is 15.5 Å². The van der Waals surface area contributed by atoms with Gasteiger partial charge in [0.2, 0.25) is 0 Å². The third-order valence-electron chi connectivity index (χ3n) is 3.14. The molecule has 0 unspecified atom stereocenters. The van der Waals surface area contributed by atoms with Crippen LogP contribution in [0.4, 0.5) is 4.39 Å². The van der Waals surface area contributed by atoms with Crippen LogP contribution < -0.4 is 5.32 Å². The van der Waals surface area contributed by atoms with Gasteiger partial charge in [-0.3, -0.25) is 4.90 Å². The molecule has 1 heterocycles. The van der Waals surface area contributed by atoms with Crippen molar-refractivity contribution >= 4 is 24.8 Å². The molecule has 110 valence electrons. The maximum absolute atomic E-state index is 13.2. The Morgan fingerprint density at radius 3 is 2.42 bits per heavy atom. The molecule has 1 atom stereocenters. The molecule has 7 heteroatoms. The van der Waals surface area contributed by atoms with Gasteiger partial charge in [-0.25, -0.2) is 4.39 Å². The highest BCUT2D eigenvalue weighted by molar-refractivity contribution is 5.85. The zero-order valence-corrected chi connectivity index (χ0v) is 12.0. The van der Waals surface area contributed by atoms with Crippen LogP contribution >= 0.6 is 24.8 Å². The summed E-state index contributed by atoms with van der Waals surface area (Å²) >= 11 is 0. The number of aromatic hydroxyl groups is 2. The van der Waals surface area contributed by atoms with Crippen molar-refractivity contribution in [3.63, 3.8) is 0 Å². The van der Waals surface area contributed by atoms with Crippen LogP contribution in [0, 0.1) is 0 Å². The molecule has 0 aromatic heterocycles. The fraction of sp³-hybridized carbons (Fsp3) is 0.500. The number of phenolic OH excluding ortho intramolecular Hbond substituents is 2. The summed E-state index contributed by atoms with van der Waals surface area (Å²) < 4.78 is 13.2. The molecule has 1 aliphatic rings. The van der Waals surface area contributed by atoms with E-state index in [1.165, 1.54) is 6.07 Å². The highest BCUT2D eigenvalue weighted by Gasteiger charge is 2.25. The van der Waals surface area contributed by atoms with Gasteiger partial charge in [0.15, 0.2) is 11.5 Å². The number of halogens is 3. The van der Waals surface area contributed by atoms with Gasteiger partial charge in [0.1, 0.15) is 6.67 Å². The van der Waals surface area contributed by atoms with E-state index >= 15 is 0 Å². The van der Waals surface area contributed by atoms with E-state index in [2.05, 4.69) is 5.32 Å². The van der Waals surface area contributed by atoms with Crippen molar-refractivity contribution in [1.82, 2.24) is 10.2 Å². The summed E-state index contributed by atoms with van der Waals surface area (Å²) in [4.78, 5) is 1.98. The van der Waals surface area contributed by atoms with Crippen molar-refractivity contribution in [2.45, 2.75) is 6.04 Å². The zero-order chi connectivity index (χ0) is 12.3. The number of nitrogens with one attached hydrogen (secondary N) is 1. The molecule has 0 aliphatic carbocycles. The highest BCUT2D eigenvalue weighted by atomic mass is 35.5. The highest BCUT2D eigenvalue weighted by Crippen LogP contribution is 2.35. The van der Waals surface area contributed by atoms with E-state index in [9.17, 15) is 14.6 Å². The van der Waals surface area contributed by atoms with Crippen molar-refractivity contribution in [2.24, 2.45) is 0 Å². The average molecular weight is 313 g/mol. The maximum atomic E-state index is 13.2. The van der Waals surface area contributed by atoms with Gasteiger partial charge in [0.25, 0.3) is 0 Å². The molecule has 0 saturated carbocycles. The summed E-state index contributed by atoms with van der Waals surface area (Å²) in [5.74, 6) is -0.412. The summed E-state index contributed by atoms with van der Waals surface area (Å²) in [5.41, 5.74) is 0.453. The number of benzene rings is 1. The lowest BCUT2D eigenvalue weighted by atomic mass is 10.0. The van der Waals surface area contributed by atoms with Crippen LogP contribution in [-0.4, -0.2) is 48.0 Å². The smallest absolute Gasteiger partial charge is 0.162 e. The summed E-state index contributed by atoms with van der Waals surface area (Å²) in [6, 6.07) is 4.19. The van der Waals surface area contributed by atoms with E-state index in [1.807, 2.05) is 4.90 Å². The first-order chi connectivity index (χ1) is 8.24. The lowest BCUT2D eigenvalue weighted by Gasteiger charge is -2.33. The Labute approximate surface area is 124 Å². The molecule has 2 rings (SSSR count). The first-order valence-electron chi connectivity index (χ1n) is 5.75. The predicted molar refractivity (Wildman–Crippen MR) is 77.4 cm³/mol. The SMILES string of the molecule is Cl.Cl.Oc1cccc([C@@H](CF)N2CCNCC2)c1O. The molecule has 19 heavy (non-hydrogen) atoms. The fourth-order valence-electron chi connectivity index (χ4n) is 2.19. The Morgan fingerprint density at radius 2 is 1.84 bits per heavy atom. The number of hydrogen-bond donors (Lipinski definition) is 3. The normalized spacial score (nSPS) is 17.1. The molecular formula is C12H19Cl2FN2O2. The molecule has 1 aromatic carbocycles. The minimum atomic E-state index is -0.572. The topological polar surface area (TPSA) is 55.7 Å². The number of nitrogens with zero attached hydrogens (tertiary/aromatic N) is 1. The number of alkyl halides is 1. The van der Waals surface area contributed by atoms with Gasteiger partial charge in [-0.05, 0) is 6.07 Å². The second-order valence-corrected chi connectivity index (χ2v) is 4.17. The van der Waals surface area contributed by atoms with E-state index in [0.717, 1.165) is 26.2 Å². The Hall–Kier alpha value is -0.750. The number of hydrogen-bond acceptors (Lipinski definition) is 4. The molecule has 3 N–H and O–H groups in total. The van der Waals surface area contributed by atoms with Crippen molar-refractivity contribution in [2.75, 3.05) is 32.9 Å². The van der Waals surface area contributed by atoms with Gasteiger partial charge in [-0.2, -0.15) is 0 Å². The molecule has 1 saturated heterocycles. The number of rotatable bonds is 3. The largest absolute Gasteiger partial charge is 0.504 e. The second kappa shape index (κ2) is 8.43. The summed E-state index contributed by atoms with van der Waals surface area (Å²) in [6.45, 7) is 2.54. The minimum absolute atomic E-state index is 0. The Kier molecular flexibility index (Phi) is 8.09. The van der Waals surface area contributed by atoms with Crippen molar-refractivity contribution < 1.29 is 14.6 Å². The lowest BCUT2D eigenvalue weighted by Crippen LogP contribution is -2.45. The van der Waals surface area contributed by atoms with Gasteiger partial charge in [0, 0.05) is 31.7 Å². The third-order valence-corrected chi connectivity index (χ3v) is 3.14. The lowest BCUT2D eigenvalue weighted by molar-refractivity contribution is 0.145. The Balaban J connectivity index is 0.00000162. The van der Waals surface area contributed by atoms with Crippen LogP contribution in [0.3, 0.4) is 0 Å². The van der Waals surface area contributed by atoms with Gasteiger partial charge in [-0.15, -0.1) is 24.8 Å². The number of piperazine rings is 1. The zero-order valence-electron chi connectivity index (χ0n) is 10.4. The van der Waals surface area contributed by atoms with Crippen molar-refractivity contribution in [1.29, 1.82) is 0 Å². The predicted octanol–water partition coefficient (Wildman–Crippen LogP) is 1.86. The second-order valence-electron chi connectivity index (χ2n) is 4.17. The van der Waals surface area contributed by atoms with E-state index in [1.54, 1.807) is 12.1 Å². The van der Waals surface area contributed by atoms with Crippen LogP contribution in [-0.2, 0) is 0 Å². The number of para-hydroxylation sites is 1. The summed E-state index contributed by atoms with van der Waals surface area (Å²) in [5, 5.41) is 22.4. The Bertz CT molecular complexity index is 390. The molecular weight excluding hydrogens is 294 g/mol. The quantitative estimate of drug-likeness (QED) is 0.746. The third kappa shape index (κ3) is 4.11. The van der Waals surface area contributed by atoms with E-state index in [-0.39, 0.29) is 36.3 Å². The minimum Gasteiger partial charge on any atom is -0.504 e. The summed E-state index contributed by atoms with van der Waals surface area (Å²) in [6.07, 6.45) is 0. The van der Waals surface area contributed by atoms with Gasteiger partial charge >= 0.3 is 0 Å². The van der Waals surface area contributed by atoms with Crippen LogP contribution in [0.25, 0.3) is 0 Å². The number of phenols is 2. The van der Waals surface area contributed by atoms with Crippen LogP contribution in [0.15, 0.2) is 18.2 Å². The first kappa shape index (κ1) is 18.2. The maximum Gasteiger partial charge on any atom is 0.162 e. The standard InChI is InChI=1S/C12H17FN2O2.2ClH/c13-8-10(15-6-4-14-5-7-15)9-2-1-3-11(16)12(9)17;;/h1-3,10,14,16-17H,4-8H2;2*1H/t10-;;/m1../s1. The van der Waals surface area contributed by atoms with Crippen LogP contribution in [0.1, 0.15) is 11.6 Å². The van der Waals surface area contributed by atoms with Gasteiger partial charge in [0.05, 0.1) is 6.04 Å². The van der Waals surface area contributed by atoms with Crippen molar-refractivity contribution in [3.05, 3.63) is 23.8 Å². The molecule has 0 amide bonds.